The first-order chi connectivity index (χ1) is 25.3. The Morgan fingerprint density at radius 3 is 1.37 bits per heavy atom. The van der Waals surface area contributed by atoms with Gasteiger partial charge in [-0.25, -0.2) is 10.9 Å². The molecule has 2 atom stereocenters. The molecule has 5 rings (SSSR count). The van der Waals surface area contributed by atoms with Crippen LogP contribution in [-0.2, 0) is 22.4 Å². The number of pyridine rings is 3. The van der Waals surface area contributed by atoms with E-state index in [-0.39, 0.29) is 24.0 Å². The Kier molecular flexibility index (Phi) is 12.7. The number of carbonyl (C=O) groups excluding carboxylic acids is 4. The summed E-state index contributed by atoms with van der Waals surface area (Å²) in [6.45, 7) is 3.42. The Morgan fingerprint density at radius 2 is 0.981 bits per heavy atom. The van der Waals surface area contributed by atoms with Crippen LogP contribution in [0.25, 0.3) is 0 Å². The average Bonchev–Trinajstić information content (AvgIpc) is 3.19. The van der Waals surface area contributed by atoms with Gasteiger partial charge in [0.25, 0.3) is 23.6 Å². The topological polar surface area (TPSA) is 180 Å². The summed E-state index contributed by atoms with van der Waals surface area (Å²) >= 11 is 0. The van der Waals surface area contributed by atoms with Crippen LogP contribution in [0.2, 0.25) is 0 Å². The van der Waals surface area contributed by atoms with E-state index in [0.29, 0.717) is 22.8 Å². The molecular formula is C39H37N9O4. The maximum atomic E-state index is 13.5. The predicted molar refractivity (Wildman–Crippen MR) is 196 cm³/mol. The summed E-state index contributed by atoms with van der Waals surface area (Å²) in [5.74, 6) is -2.38. The van der Waals surface area contributed by atoms with Crippen LogP contribution < -0.4 is 21.5 Å². The summed E-state index contributed by atoms with van der Waals surface area (Å²) in [7, 11) is 0. The third-order valence-electron chi connectivity index (χ3n) is 7.81. The highest BCUT2D eigenvalue weighted by Gasteiger charge is 2.25. The van der Waals surface area contributed by atoms with Gasteiger partial charge in [0, 0.05) is 37.6 Å². The van der Waals surface area contributed by atoms with Gasteiger partial charge in [-0.3, -0.25) is 34.1 Å². The second kappa shape index (κ2) is 18.2. The van der Waals surface area contributed by atoms with E-state index in [0.717, 1.165) is 11.1 Å². The van der Waals surface area contributed by atoms with Crippen molar-refractivity contribution in [2.24, 2.45) is 10.2 Å². The minimum absolute atomic E-state index is 0.0336. The van der Waals surface area contributed by atoms with E-state index >= 15 is 0 Å². The molecule has 3 heterocycles. The molecule has 0 saturated carbocycles. The molecule has 4 N–H and O–H groups in total. The van der Waals surface area contributed by atoms with Gasteiger partial charge in [0.2, 0.25) is 0 Å². The van der Waals surface area contributed by atoms with Crippen molar-refractivity contribution in [3.8, 4) is 0 Å². The fraction of sp³-hybridized carbons (Fsp3) is 0.154. The zero-order chi connectivity index (χ0) is 36.7. The molecule has 2 aromatic carbocycles. The Balaban J connectivity index is 1.30. The molecule has 0 radical (unpaired) electrons. The maximum absolute atomic E-state index is 13.5. The molecule has 52 heavy (non-hydrogen) atoms. The van der Waals surface area contributed by atoms with Crippen molar-refractivity contribution in [2.45, 2.75) is 38.8 Å². The van der Waals surface area contributed by atoms with Gasteiger partial charge in [-0.1, -0.05) is 72.8 Å². The highest BCUT2D eigenvalue weighted by atomic mass is 16.2. The van der Waals surface area contributed by atoms with E-state index < -0.39 is 35.7 Å². The number of nitrogens with one attached hydrogen (secondary N) is 4. The highest BCUT2D eigenvalue weighted by Crippen LogP contribution is 2.10. The Hall–Kier alpha value is -6.89. The largest absolute Gasteiger partial charge is 0.340 e. The molecule has 13 heteroatoms. The Labute approximate surface area is 300 Å². The first-order valence-corrected chi connectivity index (χ1v) is 16.4. The van der Waals surface area contributed by atoms with Crippen LogP contribution >= 0.6 is 0 Å². The molecule has 0 aliphatic rings. The number of amides is 4. The molecule has 0 aliphatic carbocycles. The first-order valence-electron chi connectivity index (χ1n) is 16.4. The number of rotatable bonds is 14. The van der Waals surface area contributed by atoms with Gasteiger partial charge in [0.05, 0.1) is 33.9 Å². The van der Waals surface area contributed by atoms with Crippen LogP contribution in [-0.4, -0.2) is 62.1 Å². The van der Waals surface area contributed by atoms with Crippen LogP contribution in [0.4, 0.5) is 0 Å². The Bertz CT molecular complexity index is 1900. The molecule has 4 amide bonds. The monoisotopic (exact) mass is 695 g/mol. The standard InChI is InChI=1S/C39H37N9O4/c1-26(32-17-9-11-19-41-32)45-47-38(51)34(21-28-13-5-3-6-14-28)43-36(49)30-23-31(25-40-24-30)37(50)44-35(22-29-15-7-4-8-16-29)39(52)48-46-27(2)33-18-10-12-20-42-33/h3-20,23-25,34-35H,21-22H2,1-2H3,(H,43,49)(H,44,50)(H,47,51)(H,48,52)/b45-26+,46-27+/t34-,35-/m0/s1. The first kappa shape index (κ1) is 36.4. The predicted octanol–water partition coefficient (Wildman–Crippen LogP) is 3.63. The fourth-order valence-electron chi connectivity index (χ4n) is 4.99. The number of hydrazone groups is 2. The van der Waals surface area contributed by atoms with Gasteiger partial charge in [-0.15, -0.1) is 0 Å². The summed E-state index contributed by atoms with van der Waals surface area (Å²) in [6, 6.07) is 28.4. The van der Waals surface area contributed by atoms with Crippen molar-refractivity contribution in [3.63, 3.8) is 0 Å². The number of benzene rings is 2. The van der Waals surface area contributed by atoms with E-state index in [2.05, 4.69) is 46.6 Å². The van der Waals surface area contributed by atoms with Crippen LogP contribution in [0, 0.1) is 0 Å². The molecule has 0 aliphatic heterocycles. The van der Waals surface area contributed by atoms with E-state index in [1.807, 2.05) is 72.8 Å². The van der Waals surface area contributed by atoms with Gasteiger partial charge in [-0.2, -0.15) is 10.2 Å². The van der Waals surface area contributed by atoms with E-state index in [4.69, 9.17) is 0 Å². The lowest BCUT2D eigenvalue weighted by atomic mass is 10.0. The lowest BCUT2D eigenvalue weighted by Gasteiger charge is -2.19. The van der Waals surface area contributed by atoms with Crippen LogP contribution in [0.1, 0.15) is 57.1 Å². The molecule has 0 saturated heterocycles. The van der Waals surface area contributed by atoms with Crippen molar-refractivity contribution in [1.82, 2.24) is 36.4 Å². The third-order valence-corrected chi connectivity index (χ3v) is 7.81. The lowest BCUT2D eigenvalue weighted by molar-refractivity contribution is -0.123. The van der Waals surface area contributed by atoms with Crippen LogP contribution in [0.3, 0.4) is 0 Å². The molecular weight excluding hydrogens is 658 g/mol. The molecule has 13 nitrogen and oxygen atoms in total. The second-order valence-electron chi connectivity index (χ2n) is 11.7. The molecule has 0 unspecified atom stereocenters. The Morgan fingerprint density at radius 1 is 0.577 bits per heavy atom. The minimum atomic E-state index is -1.03. The molecule has 5 aromatic rings. The zero-order valence-corrected chi connectivity index (χ0v) is 28.6. The molecule has 0 spiro atoms. The summed E-state index contributed by atoms with van der Waals surface area (Å²) in [4.78, 5) is 66.3. The highest BCUT2D eigenvalue weighted by molar-refractivity contribution is 6.03. The van der Waals surface area contributed by atoms with E-state index in [1.165, 1.54) is 18.5 Å². The van der Waals surface area contributed by atoms with Crippen molar-refractivity contribution in [2.75, 3.05) is 0 Å². The molecule has 0 fully saturated rings. The third kappa shape index (κ3) is 10.6. The molecule has 3 aromatic heterocycles. The molecule has 262 valence electrons. The van der Waals surface area contributed by atoms with Gasteiger partial charge in [0.1, 0.15) is 12.1 Å². The normalized spacial score (nSPS) is 12.6. The van der Waals surface area contributed by atoms with Gasteiger partial charge < -0.3 is 10.6 Å². The smallest absolute Gasteiger partial charge is 0.262 e. The van der Waals surface area contributed by atoms with Crippen molar-refractivity contribution >= 4 is 35.1 Å². The van der Waals surface area contributed by atoms with Gasteiger partial charge >= 0.3 is 0 Å². The lowest BCUT2D eigenvalue weighted by Crippen LogP contribution is -2.47. The SMILES string of the molecule is C/C(=N\NC(=O)[C@H](Cc1ccccc1)NC(=O)c1cncc(C(=O)N[C@@H](Cc2ccccc2)C(=O)N/N=C(\C)c2ccccn2)c1)c1ccccn1. The van der Waals surface area contributed by atoms with Crippen LogP contribution in [0.15, 0.2) is 138 Å². The number of hydrogen-bond donors (Lipinski definition) is 4. The summed E-state index contributed by atoms with van der Waals surface area (Å²) in [5, 5.41) is 13.9. The second-order valence-corrected chi connectivity index (χ2v) is 11.7. The summed E-state index contributed by atoms with van der Waals surface area (Å²) in [6.07, 6.45) is 6.16. The van der Waals surface area contributed by atoms with E-state index in [9.17, 15) is 19.2 Å². The number of aromatic nitrogens is 3. The molecule has 0 bridgehead atoms. The van der Waals surface area contributed by atoms with Crippen molar-refractivity contribution < 1.29 is 19.2 Å². The number of carbonyl (C=O) groups is 4. The quantitative estimate of drug-likeness (QED) is 0.101. The van der Waals surface area contributed by atoms with Gasteiger partial charge in [-0.05, 0) is 55.3 Å². The summed E-state index contributed by atoms with van der Waals surface area (Å²) in [5.41, 5.74) is 8.88. The van der Waals surface area contributed by atoms with Crippen molar-refractivity contribution in [1.29, 1.82) is 0 Å². The maximum Gasteiger partial charge on any atom is 0.262 e. The number of nitrogens with zero attached hydrogens (tertiary/aromatic N) is 5. The van der Waals surface area contributed by atoms with Crippen LogP contribution in [0.5, 0.6) is 0 Å². The van der Waals surface area contributed by atoms with Gasteiger partial charge in [0.15, 0.2) is 0 Å². The fourth-order valence-corrected chi connectivity index (χ4v) is 4.99. The van der Waals surface area contributed by atoms with E-state index in [1.54, 1.807) is 50.5 Å². The number of hydrogen-bond acceptors (Lipinski definition) is 9. The average molecular weight is 696 g/mol. The minimum Gasteiger partial charge on any atom is -0.340 e. The van der Waals surface area contributed by atoms with Crippen molar-refractivity contribution in [3.05, 3.63) is 162 Å². The summed E-state index contributed by atoms with van der Waals surface area (Å²) < 4.78 is 0. The zero-order valence-electron chi connectivity index (χ0n) is 28.6.